The van der Waals surface area contributed by atoms with Gasteiger partial charge in [0, 0.05) is 16.6 Å². The van der Waals surface area contributed by atoms with Crippen LogP contribution in [0.3, 0.4) is 0 Å². The van der Waals surface area contributed by atoms with Crippen molar-refractivity contribution < 1.29 is 9.59 Å². The monoisotopic (exact) mass is 349 g/mol. The van der Waals surface area contributed by atoms with Crippen molar-refractivity contribution in [1.82, 2.24) is 5.32 Å². The SMILES string of the molecule is NC(=O)CSc1ccccc1NCC(=O)NC1CCCCCCC1. The van der Waals surface area contributed by atoms with E-state index >= 15 is 0 Å². The van der Waals surface area contributed by atoms with Crippen molar-refractivity contribution >= 4 is 29.3 Å². The minimum Gasteiger partial charge on any atom is -0.375 e. The minimum absolute atomic E-state index is 0.0234. The van der Waals surface area contributed by atoms with Gasteiger partial charge in [-0.15, -0.1) is 11.8 Å². The molecule has 0 saturated heterocycles. The zero-order valence-electron chi connectivity index (χ0n) is 14.1. The number of nitrogens with two attached hydrogens (primary N) is 1. The maximum atomic E-state index is 12.2. The fourth-order valence-electron chi connectivity index (χ4n) is 2.94. The number of rotatable bonds is 7. The molecule has 0 spiro atoms. The summed E-state index contributed by atoms with van der Waals surface area (Å²) in [5.41, 5.74) is 6.05. The fraction of sp³-hybridized carbons (Fsp3) is 0.556. The molecule has 1 aliphatic rings. The van der Waals surface area contributed by atoms with Crippen molar-refractivity contribution in [3.8, 4) is 0 Å². The average Bonchev–Trinajstić information content (AvgIpc) is 2.54. The molecule has 4 N–H and O–H groups in total. The molecule has 132 valence electrons. The van der Waals surface area contributed by atoms with Gasteiger partial charge in [-0.05, 0) is 25.0 Å². The van der Waals surface area contributed by atoms with E-state index in [0.29, 0.717) is 6.04 Å². The highest BCUT2D eigenvalue weighted by Gasteiger charge is 2.14. The van der Waals surface area contributed by atoms with E-state index in [9.17, 15) is 9.59 Å². The first-order valence-corrected chi connectivity index (χ1v) is 9.67. The third kappa shape index (κ3) is 6.83. The molecule has 6 heteroatoms. The fourth-order valence-corrected chi connectivity index (χ4v) is 3.71. The van der Waals surface area contributed by atoms with Crippen LogP contribution in [0.25, 0.3) is 0 Å². The van der Waals surface area contributed by atoms with Crippen molar-refractivity contribution in [2.24, 2.45) is 5.73 Å². The van der Waals surface area contributed by atoms with Crippen molar-refractivity contribution in [3.05, 3.63) is 24.3 Å². The Labute approximate surface area is 148 Å². The van der Waals surface area contributed by atoms with Crippen molar-refractivity contribution in [2.75, 3.05) is 17.6 Å². The second-order valence-corrected chi connectivity index (χ2v) is 7.23. The molecule has 0 bridgehead atoms. The summed E-state index contributed by atoms with van der Waals surface area (Å²) in [5, 5.41) is 6.31. The number of benzene rings is 1. The first-order valence-electron chi connectivity index (χ1n) is 8.68. The number of carbonyl (C=O) groups is 2. The predicted octanol–water partition coefficient (Wildman–Crippen LogP) is 2.91. The van der Waals surface area contributed by atoms with E-state index in [4.69, 9.17) is 5.73 Å². The number of hydrogen-bond acceptors (Lipinski definition) is 4. The first kappa shape index (κ1) is 18.6. The molecule has 1 fully saturated rings. The minimum atomic E-state index is -0.350. The summed E-state index contributed by atoms with van der Waals surface area (Å²) >= 11 is 1.38. The third-order valence-electron chi connectivity index (χ3n) is 4.17. The van der Waals surface area contributed by atoms with Gasteiger partial charge in [-0.3, -0.25) is 9.59 Å². The quantitative estimate of drug-likeness (QED) is 0.661. The predicted molar refractivity (Wildman–Crippen MR) is 99.1 cm³/mol. The summed E-state index contributed by atoms with van der Waals surface area (Å²) in [7, 11) is 0. The molecule has 2 rings (SSSR count). The van der Waals surface area contributed by atoms with Gasteiger partial charge in [-0.1, -0.05) is 44.2 Å². The number of nitrogens with one attached hydrogen (secondary N) is 2. The van der Waals surface area contributed by atoms with Crippen LogP contribution in [0.15, 0.2) is 29.2 Å². The molecule has 0 heterocycles. The average molecular weight is 350 g/mol. The molecule has 1 aromatic rings. The number of hydrogen-bond donors (Lipinski definition) is 3. The lowest BCUT2D eigenvalue weighted by atomic mass is 9.97. The second kappa shape index (κ2) is 10.2. The zero-order valence-corrected chi connectivity index (χ0v) is 14.9. The number of primary amides is 1. The maximum absolute atomic E-state index is 12.2. The Morgan fingerprint density at radius 2 is 1.75 bits per heavy atom. The Morgan fingerprint density at radius 3 is 2.46 bits per heavy atom. The Balaban J connectivity index is 1.81. The molecule has 0 aromatic heterocycles. The van der Waals surface area contributed by atoms with Crippen molar-refractivity contribution in [2.45, 2.75) is 55.9 Å². The van der Waals surface area contributed by atoms with Gasteiger partial charge in [-0.25, -0.2) is 0 Å². The van der Waals surface area contributed by atoms with Gasteiger partial charge in [0.15, 0.2) is 0 Å². The normalized spacial score (nSPS) is 16.0. The van der Waals surface area contributed by atoms with E-state index in [1.807, 2.05) is 24.3 Å². The van der Waals surface area contributed by atoms with Gasteiger partial charge in [0.25, 0.3) is 0 Å². The van der Waals surface area contributed by atoms with E-state index in [2.05, 4.69) is 10.6 Å². The van der Waals surface area contributed by atoms with Gasteiger partial charge in [0.2, 0.25) is 11.8 Å². The van der Waals surface area contributed by atoms with Gasteiger partial charge < -0.3 is 16.4 Å². The van der Waals surface area contributed by atoms with Crippen LogP contribution in [-0.2, 0) is 9.59 Å². The lowest BCUT2D eigenvalue weighted by Gasteiger charge is -2.21. The summed E-state index contributed by atoms with van der Waals surface area (Å²) < 4.78 is 0. The molecule has 1 aromatic carbocycles. The Hall–Kier alpha value is -1.69. The molecule has 0 unspecified atom stereocenters. The lowest BCUT2D eigenvalue weighted by Crippen LogP contribution is -2.38. The van der Waals surface area contributed by atoms with Gasteiger partial charge >= 0.3 is 0 Å². The van der Waals surface area contributed by atoms with E-state index in [1.54, 1.807) is 0 Å². The summed E-state index contributed by atoms with van der Waals surface area (Å²) in [4.78, 5) is 24.1. The molecular weight excluding hydrogens is 322 g/mol. The molecular formula is C18H27N3O2S. The van der Waals surface area contributed by atoms with Gasteiger partial charge in [-0.2, -0.15) is 0 Å². The van der Waals surface area contributed by atoms with Crippen LogP contribution >= 0.6 is 11.8 Å². The number of amides is 2. The van der Waals surface area contributed by atoms with E-state index < -0.39 is 0 Å². The number of para-hydroxylation sites is 1. The van der Waals surface area contributed by atoms with Crippen LogP contribution in [0, 0.1) is 0 Å². The molecule has 0 radical (unpaired) electrons. The summed E-state index contributed by atoms with van der Waals surface area (Å²) in [6.07, 6.45) is 8.43. The lowest BCUT2D eigenvalue weighted by molar-refractivity contribution is -0.120. The Kier molecular flexibility index (Phi) is 7.95. The van der Waals surface area contributed by atoms with Crippen LogP contribution in [-0.4, -0.2) is 30.2 Å². The van der Waals surface area contributed by atoms with Gasteiger partial charge in [0.1, 0.15) is 0 Å². The molecule has 1 saturated carbocycles. The van der Waals surface area contributed by atoms with E-state index in [-0.39, 0.29) is 24.1 Å². The van der Waals surface area contributed by atoms with Crippen LogP contribution in [0.2, 0.25) is 0 Å². The van der Waals surface area contributed by atoms with Gasteiger partial charge in [0.05, 0.1) is 12.3 Å². The largest absolute Gasteiger partial charge is 0.375 e. The van der Waals surface area contributed by atoms with Crippen LogP contribution < -0.4 is 16.4 Å². The summed E-state index contributed by atoms with van der Waals surface area (Å²) in [6.45, 7) is 0.241. The maximum Gasteiger partial charge on any atom is 0.239 e. The molecule has 0 atom stereocenters. The number of carbonyl (C=O) groups excluding carboxylic acids is 2. The smallest absolute Gasteiger partial charge is 0.239 e. The highest BCUT2D eigenvalue weighted by molar-refractivity contribution is 8.00. The summed E-state index contributed by atoms with van der Waals surface area (Å²) in [6, 6.07) is 7.95. The first-order chi connectivity index (χ1) is 11.6. The highest BCUT2D eigenvalue weighted by Crippen LogP contribution is 2.26. The van der Waals surface area contributed by atoms with Crippen LogP contribution in [0.5, 0.6) is 0 Å². The second-order valence-electron chi connectivity index (χ2n) is 6.21. The molecule has 1 aliphatic carbocycles. The molecule has 5 nitrogen and oxygen atoms in total. The Morgan fingerprint density at radius 1 is 1.08 bits per heavy atom. The van der Waals surface area contributed by atoms with Crippen molar-refractivity contribution in [3.63, 3.8) is 0 Å². The highest BCUT2D eigenvalue weighted by atomic mass is 32.2. The topological polar surface area (TPSA) is 84.2 Å². The molecule has 24 heavy (non-hydrogen) atoms. The zero-order chi connectivity index (χ0) is 17.2. The Bertz CT molecular complexity index is 543. The third-order valence-corrected chi connectivity index (χ3v) is 5.26. The van der Waals surface area contributed by atoms with E-state index in [1.165, 1.54) is 43.9 Å². The molecule has 2 amide bonds. The number of anilines is 1. The molecule has 0 aliphatic heterocycles. The van der Waals surface area contributed by atoms with Crippen LogP contribution in [0.1, 0.15) is 44.9 Å². The number of thioether (sulfide) groups is 1. The summed E-state index contributed by atoms with van der Waals surface area (Å²) in [5.74, 6) is -0.0976. The van der Waals surface area contributed by atoms with Crippen molar-refractivity contribution in [1.29, 1.82) is 0 Å². The standard InChI is InChI=1S/C18H27N3O2S/c19-17(22)13-24-16-11-7-6-10-15(16)20-12-18(23)21-14-8-4-2-1-3-5-9-14/h6-7,10-11,14,20H,1-5,8-9,12-13H2,(H2,19,22)(H,21,23). The van der Waals surface area contributed by atoms with Crippen LogP contribution in [0.4, 0.5) is 5.69 Å². The van der Waals surface area contributed by atoms with E-state index in [0.717, 1.165) is 23.4 Å².